The van der Waals surface area contributed by atoms with Crippen molar-refractivity contribution >= 4 is 37.7 Å². The fraction of sp³-hybridized carbons (Fsp3) is 0.375. The molecule has 0 saturated carbocycles. The van der Waals surface area contributed by atoms with Crippen LogP contribution in [0.2, 0.25) is 0 Å². The van der Waals surface area contributed by atoms with Crippen LogP contribution in [0.5, 0.6) is 0 Å². The summed E-state index contributed by atoms with van der Waals surface area (Å²) >= 11 is 3.52. The number of aromatic nitrogens is 3. The van der Waals surface area contributed by atoms with Gasteiger partial charge in [-0.1, -0.05) is 27.6 Å². The highest BCUT2D eigenvalue weighted by atomic mass is 79.9. The molecule has 0 N–H and O–H groups in total. The first-order valence-electron chi connectivity index (χ1n) is 7.28. The highest BCUT2D eigenvalue weighted by Crippen LogP contribution is 2.29. The van der Waals surface area contributed by atoms with E-state index < -0.39 is 0 Å². The summed E-state index contributed by atoms with van der Waals surface area (Å²) in [6, 6.07) is 4.21. The van der Waals surface area contributed by atoms with Gasteiger partial charge in [0, 0.05) is 34.6 Å². The average molecular weight is 346 g/mol. The summed E-state index contributed by atoms with van der Waals surface area (Å²) in [6.07, 6.45) is 3.81. The molecular weight excluding hydrogens is 330 g/mol. The minimum atomic E-state index is 0.124. The number of nitrogens with zero attached hydrogens (tertiary/aromatic N) is 3. The van der Waals surface area contributed by atoms with E-state index >= 15 is 0 Å². The molecule has 0 fully saturated rings. The van der Waals surface area contributed by atoms with Crippen LogP contribution in [0, 0.1) is 6.92 Å². The number of rotatable bonds is 2. The molecule has 0 unspecified atom stereocenters. The van der Waals surface area contributed by atoms with E-state index in [4.69, 9.17) is 0 Å². The molecular formula is C16H16BrN3O. The summed E-state index contributed by atoms with van der Waals surface area (Å²) in [5, 5.41) is 8.41. The number of fused-ring (bicyclic) bond motifs is 2. The van der Waals surface area contributed by atoms with Crippen LogP contribution in [0.15, 0.2) is 23.1 Å². The molecule has 5 heteroatoms. The molecule has 3 aromatic rings. The Morgan fingerprint density at radius 2 is 2.14 bits per heavy atom. The first-order chi connectivity index (χ1) is 10.2. The molecule has 1 aromatic carbocycles. The SMILES string of the molecule is Cc1cc(CCBr)c2c(c1)c(=O)n1c3c2cnn3CCC1. The standard InChI is InChI=1S/C16H16BrN3O/c1-10-7-11(3-4-17)14-12(8-10)16(21)19-5-2-6-20-15(19)13(14)9-18-20/h7-9H,2-6H2,1H3. The summed E-state index contributed by atoms with van der Waals surface area (Å²) in [5.41, 5.74) is 3.49. The number of hydrogen-bond acceptors (Lipinski definition) is 2. The highest BCUT2D eigenvalue weighted by Gasteiger charge is 2.20. The fourth-order valence-corrected chi connectivity index (χ4v) is 3.91. The zero-order valence-corrected chi connectivity index (χ0v) is 13.5. The zero-order valence-electron chi connectivity index (χ0n) is 11.9. The number of pyridine rings is 1. The summed E-state index contributed by atoms with van der Waals surface area (Å²) in [4.78, 5) is 12.9. The van der Waals surface area contributed by atoms with Gasteiger partial charge in [-0.2, -0.15) is 5.10 Å². The molecule has 4 nitrogen and oxygen atoms in total. The van der Waals surface area contributed by atoms with E-state index in [9.17, 15) is 4.79 Å². The Labute approximate surface area is 130 Å². The number of benzene rings is 1. The van der Waals surface area contributed by atoms with Crippen LogP contribution < -0.4 is 5.56 Å². The predicted octanol–water partition coefficient (Wildman–Crippen LogP) is 3.00. The van der Waals surface area contributed by atoms with Crippen molar-refractivity contribution in [2.24, 2.45) is 0 Å². The van der Waals surface area contributed by atoms with E-state index in [1.54, 1.807) is 0 Å². The van der Waals surface area contributed by atoms with E-state index in [-0.39, 0.29) is 5.56 Å². The Morgan fingerprint density at radius 1 is 1.29 bits per heavy atom. The summed E-state index contributed by atoms with van der Waals surface area (Å²) in [5.74, 6) is 0. The first-order valence-corrected chi connectivity index (χ1v) is 8.40. The smallest absolute Gasteiger partial charge is 0.260 e. The Balaban J connectivity index is 2.26. The first kappa shape index (κ1) is 13.1. The number of alkyl halides is 1. The number of aryl methyl sites for hydroxylation is 4. The molecule has 0 aliphatic carbocycles. The van der Waals surface area contributed by atoms with Crippen molar-refractivity contribution in [3.05, 3.63) is 39.8 Å². The lowest BCUT2D eigenvalue weighted by molar-refractivity contribution is 0.485. The minimum absolute atomic E-state index is 0.124. The Morgan fingerprint density at radius 3 is 2.95 bits per heavy atom. The van der Waals surface area contributed by atoms with Gasteiger partial charge in [-0.05, 0) is 31.4 Å². The van der Waals surface area contributed by atoms with Crippen molar-refractivity contribution in [1.29, 1.82) is 0 Å². The maximum absolute atomic E-state index is 12.9. The van der Waals surface area contributed by atoms with Gasteiger partial charge in [-0.3, -0.25) is 9.36 Å². The second-order valence-electron chi connectivity index (χ2n) is 5.70. The van der Waals surface area contributed by atoms with Gasteiger partial charge in [0.1, 0.15) is 5.65 Å². The van der Waals surface area contributed by atoms with Gasteiger partial charge < -0.3 is 0 Å². The molecule has 0 spiro atoms. The quantitative estimate of drug-likeness (QED) is 0.670. The van der Waals surface area contributed by atoms with Crippen molar-refractivity contribution in [1.82, 2.24) is 14.3 Å². The zero-order chi connectivity index (χ0) is 14.6. The molecule has 108 valence electrons. The van der Waals surface area contributed by atoms with Crippen LogP contribution in [0.4, 0.5) is 0 Å². The topological polar surface area (TPSA) is 39.8 Å². The van der Waals surface area contributed by atoms with Crippen molar-refractivity contribution in [2.75, 3.05) is 5.33 Å². The van der Waals surface area contributed by atoms with Crippen LogP contribution in [0.1, 0.15) is 17.5 Å². The fourth-order valence-electron chi connectivity index (χ4n) is 3.48. The molecule has 2 aromatic heterocycles. The van der Waals surface area contributed by atoms with E-state index in [0.29, 0.717) is 0 Å². The molecule has 0 radical (unpaired) electrons. The third kappa shape index (κ3) is 1.80. The van der Waals surface area contributed by atoms with Crippen LogP contribution in [-0.4, -0.2) is 19.7 Å². The van der Waals surface area contributed by atoms with Crippen LogP contribution in [-0.2, 0) is 19.5 Å². The molecule has 0 amide bonds. The molecule has 21 heavy (non-hydrogen) atoms. The summed E-state index contributed by atoms with van der Waals surface area (Å²) in [7, 11) is 0. The molecule has 4 rings (SSSR count). The van der Waals surface area contributed by atoms with Crippen molar-refractivity contribution in [3.63, 3.8) is 0 Å². The molecule has 1 aliphatic heterocycles. The van der Waals surface area contributed by atoms with Crippen molar-refractivity contribution < 1.29 is 0 Å². The second kappa shape index (κ2) is 4.70. The van der Waals surface area contributed by atoms with E-state index in [1.165, 1.54) is 5.56 Å². The summed E-state index contributed by atoms with van der Waals surface area (Å²) in [6.45, 7) is 3.74. The second-order valence-corrected chi connectivity index (χ2v) is 6.49. The van der Waals surface area contributed by atoms with Gasteiger partial charge >= 0.3 is 0 Å². The molecule has 0 bridgehead atoms. The third-order valence-electron chi connectivity index (χ3n) is 4.29. The maximum Gasteiger partial charge on any atom is 0.260 e. The number of halogens is 1. The average Bonchev–Trinajstić information content (AvgIpc) is 2.89. The van der Waals surface area contributed by atoms with Gasteiger partial charge in [-0.25, -0.2) is 4.68 Å². The minimum Gasteiger partial charge on any atom is -0.292 e. The lowest BCUT2D eigenvalue weighted by atomic mass is 9.98. The molecule has 3 heterocycles. The van der Waals surface area contributed by atoms with Gasteiger partial charge in [0.15, 0.2) is 0 Å². The monoisotopic (exact) mass is 345 g/mol. The van der Waals surface area contributed by atoms with Crippen LogP contribution >= 0.6 is 15.9 Å². The van der Waals surface area contributed by atoms with E-state index in [1.807, 2.05) is 21.5 Å². The highest BCUT2D eigenvalue weighted by molar-refractivity contribution is 9.09. The van der Waals surface area contributed by atoms with Crippen molar-refractivity contribution in [3.8, 4) is 0 Å². The molecule has 0 saturated heterocycles. The Hall–Kier alpha value is -1.62. The largest absolute Gasteiger partial charge is 0.292 e. The van der Waals surface area contributed by atoms with Crippen LogP contribution in [0.3, 0.4) is 0 Å². The van der Waals surface area contributed by atoms with Crippen molar-refractivity contribution in [2.45, 2.75) is 32.9 Å². The van der Waals surface area contributed by atoms with Gasteiger partial charge in [0.05, 0.1) is 6.20 Å². The predicted molar refractivity (Wildman–Crippen MR) is 88.4 cm³/mol. The number of hydrogen-bond donors (Lipinski definition) is 0. The van der Waals surface area contributed by atoms with E-state index in [0.717, 1.165) is 58.6 Å². The third-order valence-corrected chi connectivity index (χ3v) is 4.69. The Bertz CT molecular complexity index is 923. The van der Waals surface area contributed by atoms with Gasteiger partial charge in [-0.15, -0.1) is 0 Å². The van der Waals surface area contributed by atoms with E-state index in [2.05, 4.69) is 34.0 Å². The lowest BCUT2D eigenvalue weighted by Crippen LogP contribution is -2.27. The van der Waals surface area contributed by atoms with Gasteiger partial charge in [0.2, 0.25) is 0 Å². The summed E-state index contributed by atoms with van der Waals surface area (Å²) < 4.78 is 3.86. The maximum atomic E-state index is 12.9. The normalized spacial score (nSPS) is 14.2. The van der Waals surface area contributed by atoms with Crippen LogP contribution in [0.25, 0.3) is 21.8 Å². The molecule has 0 atom stereocenters. The Kier molecular flexibility index (Phi) is 2.92. The molecule has 1 aliphatic rings. The van der Waals surface area contributed by atoms with Gasteiger partial charge in [0.25, 0.3) is 5.56 Å². The lowest BCUT2D eigenvalue weighted by Gasteiger charge is -2.18.